The highest BCUT2D eigenvalue weighted by atomic mass is 32.5. The minimum Gasteiger partial charge on any atom is -0.458 e. The maximum Gasteiger partial charge on any atom is 0.481 e. The van der Waals surface area contributed by atoms with Crippen molar-refractivity contribution < 1.29 is 76.3 Å². The minimum absolute atomic E-state index is 0.0373. The van der Waals surface area contributed by atoms with E-state index in [4.69, 9.17) is 45.8 Å². The summed E-state index contributed by atoms with van der Waals surface area (Å²) in [7, 11) is -4.24. The van der Waals surface area contributed by atoms with Gasteiger partial charge in [0.1, 0.15) is 60.2 Å². The highest BCUT2D eigenvalue weighted by Crippen LogP contribution is 2.62. The molecule has 0 saturated carbocycles. The molecule has 0 radical (unpaired) electrons. The lowest BCUT2D eigenvalue weighted by Crippen LogP contribution is -2.60. The molecular formula is C21H30FN3O15P2S. The predicted molar refractivity (Wildman–Crippen MR) is 143 cm³/mol. The maximum atomic E-state index is 14.0. The Hall–Kier alpha value is -1.55. The molecule has 9 N–H and O–H groups in total. The van der Waals surface area contributed by atoms with E-state index >= 15 is 0 Å². The SMILES string of the molecule is C=C[C@@]1(OC)[C@H](O)[C@@H](COP(O)(=S)OP(=O)(O)OC2OC([C@@H](F)CO)C(O)C(O)C2O)O[C@H]1c1coc2c(N)ncnc12. The average Bonchev–Trinajstić information content (AvgIpc) is 3.50. The zero-order valence-corrected chi connectivity index (χ0v) is 24.7. The van der Waals surface area contributed by atoms with Gasteiger partial charge >= 0.3 is 14.5 Å². The van der Waals surface area contributed by atoms with E-state index in [0.29, 0.717) is 0 Å². The Balaban J connectivity index is 1.46. The summed E-state index contributed by atoms with van der Waals surface area (Å²) in [6.45, 7) is -2.92. The number of furan rings is 1. The molecule has 22 heteroatoms. The Morgan fingerprint density at radius 1 is 1.23 bits per heavy atom. The smallest absolute Gasteiger partial charge is 0.458 e. The van der Waals surface area contributed by atoms with Crippen LogP contribution in [-0.4, -0.2) is 120 Å². The molecule has 7 unspecified atom stereocenters. The summed E-state index contributed by atoms with van der Waals surface area (Å²) >= 11 is 4.78. The van der Waals surface area contributed by atoms with E-state index < -0.39 is 88.5 Å². The van der Waals surface area contributed by atoms with Crippen LogP contribution in [0.2, 0.25) is 0 Å². The molecule has 2 aromatic heterocycles. The Labute approximate surface area is 247 Å². The van der Waals surface area contributed by atoms with Gasteiger partial charge in [-0.3, -0.25) is 4.52 Å². The number of nitrogen functional groups attached to an aromatic ring is 1. The summed E-state index contributed by atoms with van der Waals surface area (Å²) in [5, 5.41) is 50.0. The van der Waals surface area contributed by atoms with Crippen LogP contribution in [0.15, 0.2) is 29.7 Å². The lowest BCUT2D eigenvalue weighted by atomic mass is 9.87. The second-order valence-electron chi connectivity index (χ2n) is 9.45. The molecule has 2 fully saturated rings. The van der Waals surface area contributed by atoms with Crippen molar-refractivity contribution in [3.05, 3.63) is 30.8 Å². The van der Waals surface area contributed by atoms with Crippen LogP contribution in [0.4, 0.5) is 10.2 Å². The first kappa shape index (κ1) is 34.3. The molecule has 4 rings (SSSR count). The van der Waals surface area contributed by atoms with Gasteiger partial charge in [0, 0.05) is 12.7 Å². The molecule has 0 spiro atoms. The molecule has 0 amide bonds. The fraction of sp³-hybridized carbons (Fsp3) is 0.619. The zero-order chi connectivity index (χ0) is 31.9. The standard InChI is InChI=1S/C21H30FN3O15P2S/c1-3-21(34-2)17(30)10(37-18(21)8-5-35-16-11(8)24-7-25-19(16)23)6-36-42(33,43)40-41(31,32)39-20-14(29)12(27)13(28)15(38-20)9(22)4-26/h3,5,7,9-10,12-15,17-18,20,26-30H,1,4,6H2,2H3,(H,31,32)(H,33,43)(H2,23,24,25)/t9-,10+,12?,13?,14?,15?,17+,18-,20?,21+,42?/m0/s1. The molecule has 2 aromatic rings. The Kier molecular flexibility index (Phi) is 10.4. The number of nitrogens with zero attached hydrogens (tertiary/aromatic N) is 2. The van der Waals surface area contributed by atoms with Crippen LogP contribution >= 0.6 is 14.5 Å². The maximum absolute atomic E-state index is 14.0. The topological polar surface area (TPSA) is 279 Å². The number of halogens is 1. The molecule has 43 heavy (non-hydrogen) atoms. The molecule has 2 aliphatic heterocycles. The number of phosphoric acid groups is 1. The van der Waals surface area contributed by atoms with E-state index in [1.54, 1.807) is 0 Å². The summed E-state index contributed by atoms with van der Waals surface area (Å²) < 4.78 is 62.7. The van der Waals surface area contributed by atoms with Gasteiger partial charge in [-0.15, -0.1) is 6.58 Å². The van der Waals surface area contributed by atoms with Crippen LogP contribution in [0, 0.1) is 0 Å². The molecule has 12 atom stereocenters. The van der Waals surface area contributed by atoms with Crippen molar-refractivity contribution >= 4 is 43.3 Å². The van der Waals surface area contributed by atoms with Crippen LogP contribution in [-0.2, 0) is 43.9 Å². The molecule has 0 bridgehead atoms. The summed E-state index contributed by atoms with van der Waals surface area (Å²) in [5.41, 5.74) is 4.87. The van der Waals surface area contributed by atoms with Gasteiger partial charge in [0.15, 0.2) is 23.9 Å². The van der Waals surface area contributed by atoms with E-state index in [-0.39, 0.29) is 22.5 Å². The van der Waals surface area contributed by atoms with Crippen molar-refractivity contribution in [3.8, 4) is 0 Å². The van der Waals surface area contributed by atoms with Crippen molar-refractivity contribution in [1.82, 2.24) is 9.97 Å². The summed E-state index contributed by atoms with van der Waals surface area (Å²) in [6, 6.07) is 0. The Bertz CT molecular complexity index is 1410. The van der Waals surface area contributed by atoms with Crippen LogP contribution < -0.4 is 5.73 Å². The number of aliphatic hydroxyl groups is 5. The molecule has 2 aliphatic rings. The third-order valence-corrected chi connectivity index (χ3v) is 10.4. The number of rotatable bonds is 12. The van der Waals surface area contributed by atoms with E-state index in [0.717, 1.165) is 0 Å². The van der Waals surface area contributed by atoms with Gasteiger partial charge in [0.05, 0.1) is 19.5 Å². The monoisotopic (exact) mass is 677 g/mol. The number of anilines is 1. The first-order valence-electron chi connectivity index (χ1n) is 12.3. The number of aliphatic hydroxyl groups excluding tert-OH is 5. The number of phosphoric ester groups is 1. The van der Waals surface area contributed by atoms with Crippen molar-refractivity contribution in [2.24, 2.45) is 0 Å². The molecule has 0 aliphatic carbocycles. The fourth-order valence-electron chi connectivity index (χ4n) is 4.70. The van der Waals surface area contributed by atoms with E-state index in [1.165, 1.54) is 25.8 Å². The van der Waals surface area contributed by atoms with Crippen LogP contribution in [0.5, 0.6) is 0 Å². The van der Waals surface area contributed by atoms with E-state index in [2.05, 4.69) is 25.4 Å². The van der Waals surface area contributed by atoms with Crippen LogP contribution in [0.3, 0.4) is 0 Å². The number of alkyl halides is 1. The first-order valence-corrected chi connectivity index (χ1v) is 16.3. The van der Waals surface area contributed by atoms with Crippen LogP contribution in [0.1, 0.15) is 11.7 Å². The molecule has 2 saturated heterocycles. The number of hydrogen-bond donors (Lipinski definition) is 8. The normalized spacial score (nSPS) is 36.7. The van der Waals surface area contributed by atoms with Gasteiger partial charge in [0.25, 0.3) is 0 Å². The first-order chi connectivity index (χ1) is 20.1. The van der Waals surface area contributed by atoms with Gasteiger partial charge in [-0.2, -0.15) is 0 Å². The third-order valence-electron chi connectivity index (χ3n) is 6.88. The molecule has 4 heterocycles. The second kappa shape index (κ2) is 13.1. The number of fused-ring (bicyclic) bond motifs is 1. The molecular weight excluding hydrogens is 647 g/mol. The van der Waals surface area contributed by atoms with Gasteiger partial charge in [-0.05, 0) is 11.8 Å². The number of hydrogen-bond acceptors (Lipinski definition) is 17. The van der Waals surface area contributed by atoms with Crippen molar-refractivity contribution in [3.63, 3.8) is 0 Å². The summed E-state index contributed by atoms with van der Waals surface area (Å²) in [6.07, 6.45) is -13.2. The lowest BCUT2D eigenvalue weighted by Gasteiger charge is -2.41. The predicted octanol–water partition coefficient (Wildman–Crippen LogP) is -1.32. The summed E-state index contributed by atoms with van der Waals surface area (Å²) in [5.74, 6) is 0.0373. The number of methoxy groups -OCH3 is 1. The zero-order valence-electron chi connectivity index (χ0n) is 22.1. The molecule has 242 valence electrons. The highest BCUT2D eigenvalue weighted by Gasteiger charge is 2.57. The Morgan fingerprint density at radius 2 is 1.93 bits per heavy atom. The third kappa shape index (κ3) is 6.70. The van der Waals surface area contributed by atoms with Gasteiger partial charge in [-0.1, -0.05) is 6.08 Å². The quantitative estimate of drug-likeness (QED) is 0.0955. The van der Waals surface area contributed by atoms with Gasteiger partial charge in [-0.25, -0.2) is 23.2 Å². The van der Waals surface area contributed by atoms with Gasteiger partial charge in [0.2, 0.25) is 0 Å². The largest absolute Gasteiger partial charge is 0.481 e. The number of nitrogens with two attached hydrogens (primary N) is 1. The Morgan fingerprint density at radius 3 is 2.56 bits per heavy atom. The van der Waals surface area contributed by atoms with Crippen LogP contribution in [0.25, 0.3) is 11.1 Å². The second-order valence-corrected chi connectivity index (χ2v) is 13.8. The van der Waals surface area contributed by atoms with E-state index in [1.807, 2.05) is 0 Å². The van der Waals surface area contributed by atoms with Crippen molar-refractivity contribution in [2.45, 2.75) is 60.8 Å². The summed E-state index contributed by atoms with van der Waals surface area (Å²) in [4.78, 5) is 28.6. The fourth-order valence-corrected chi connectivity index (χ4v) is 7.79. The van der Waals surface area contributed by atoms with Crippen molar-refractivity contribution in [1.29, 1.82) is 0 Å². The molecule has 18 nitrogen and oxygen atoms in total. The van der Waals surface area contributed by atoms with E-state index in [9.17, 15) is 39.2 Å². The van der Waals surface area contributed by atoms with Gasteiger partial charge < -0.3 is 64.2 Å². The average molecular weight is 677 g/mol. The lowest BCUT2D eigenvalue weighted by molar-refractivity contribution is -0.287. The number of aromatic nitrogens is 2. The minimum atomic E-state index is -5.50. The molecule has 0 aromatic carbocycles. The van der Waals surface area contributed by atoms with Crippen molar-refractivity contribution in [2.75, 3.05) is 26.1 Å². The number of ether oxygens (including phenoxy) is 3. The highest BCUT2D eigenvalue weighted by molar-refractivity contribution is 8.08.